The van der Waals surface area contributed by atoms with Crippen LogP contribution in [0.3, 0.4) is 0 Å². The monoisotopic (exact) mass is 352 g/mol. The quantitative estimate of drug-likeness (QED) is 0.663. The molecule has 0 bridgehead atoms. The van der Waals surface area contributed by atoms with Crippen LogP contribution in [0.4, 0.5) is 0 Å². The third-order valence-electron chi connectivity index (χ3n) is 3.77. The first-order valence-corrected chi connectivity index (χ1v) is 8.80. The fraction of sp³-hybridized carbons (Fsp3) is 0.158. The van der Waals surface area contributed by atoms with E-state index in [-0.39, 0.29) is 22.6 Å². The number of benzene rings is 2. The minimum Gasteiger partial charge on any atom is -0.304 e. The maximum Gasteiger partial charge on any atom is 0.261 e. The third-order valence-corrected chi connectivity index (χ3v) is 4.65. The molecule has 1 heterocycles. The van der Waals surface area contributed by atoms with Crippen LogP contribution in [0.25, 0.3) is 0 Å². The molecule has 6 heteroatoms. The van der Waals surface area contributed by atoms with Crippen molar-refractivity contribution in [2.75, 3.05) is 5.75 Å². The number of hydrogen-bond acceptors (Lipinski definition) is 4. The van der Waals surface area contributed by atoms with E-state index in [0.717, 1.165) is 17.3 Å². The van der Waals surface area contributed by atoms with Crippen molar-refractivity contribution in [1.82, 2.24) is 5.32 Å². The Morgan fingerprint density at radius 3 is 2.28 bits per heavy atom. The molecule has 0 radical (unpaired) electrons. The van der Waals surface area contributed by atoms with Gasteiger partial charge in [-0.1, -0.05) is 72.4 Å². The van der Waals surface area contributed by atoms with Crippen LogP contribution in [0.1, 0.15) is 15.9 Å². The molecule has 0 saturated heterocycles. The molecule has 0 aromatic heterocycles. The molecule has 2 aromatic carbocycles. The van der Waals surface area contributed by atoms with Gasteiger partial charge in [0.15, 0.2) is 11.0 Å². The van der Waals surface area contributed by atoms with Gasteiger partial charge in [-0.3, -0.25) is 14.4 Å². The van der Waals surface area contributed by atoms with Gasteiger partial charge in [0.25, 0.3) is 5.91 Å². The van der Waals surface area contributed by atoms with Crippen LogP contribution in [-0.4, -0.2) is 28.5 Å². The summed E-state index contributed by atoms with van der Waals surface area (Å²) in [5.74, 6) is -1.64. The smallest absolute Gasteiger partial charge is 0.261 e. The second kappa shape index (κ2) is 7.90. The van der Waals surface area contributed by atoms with Gasteiger partial charge in [-0.2, -0.15) is 4.99 Å². The van der Waals surface area contributed by atoms with Gasteiger partial charge in [0.1, 0.15) is 5.92 Å². The number of amidine groups is 1. The highest BCUT2D eigenvalue weighted by Crippen LogP contribution is 2.17. The number of nitrogens with zero attached hydrogens (tertiary/aromatic N) is 1. The number of carbonyl (C=O) groups excluding carboxylic acids is 3. The van der Waals surface area contributed by atoms with E-state index < -0.39 is 11.8 Å². The third kappa shape index (κ3) is 4.42. The molecule has 0 spiro atoms. The lowest BCUT2D eigenvalue weighted by Gasteiger charge is -2.19. The standard InChI is InChI=1S/C19H16N2O3S/c22-16(14-9-5-2-6-10-14)12-25-19-20-17(23)15(18(24)21-19)11-13-7-3-1-4-8-13/h1-10,15H,11-12H2,(H,20,21,23,24). The Labute approximate surface area is 149 Å². The Balaban J connectivity index is 1.61. The fourth-order valence-electron chi connectivity index (χ4n) is 2.45. The molecule has 1 atom stereocenters. The summed E-state index contributed by atoms with van der Waals surface area (Å²) in [7, 11) is 0. The second-order valence-electron chi connectivity index (χ2n) is 5.56. The van der Waals surface area contributed by atoms with E-state index in [1.807, 2.05) is 36.4 Å². The van der Waals surface area contributed by atoms with Crippen molar-refractivity contribution in [2.24, 2.45) is 10.9 Å². The first kappa shape index (κ1) is 17.1. The number of amides is 2. The molecule has 126 valence electrons. The summed E-state index contributed by atoms with van der Waals surface area (Å²) in [5, 5.41) is 2.81. The molecule has 0 aliphatic carbocycles. The number of ketones is 1. The number of nitrogens with one attached hydrogen (secondary N) is 1. The highest BCUT2D eigenvalue weighted by atomic mass is 32.2. The van der Waals surface area contributed by atoms with Gasteiger partial charge in [0.2, 0.25) is 5.91 Å². The maximum absolute atomic E-state index is 12.2. The molecule has 1 aliphatic rings. The number of carbonyl (C=O) groups is 3. The minimum atomic E-state index is -0.823. The molecule has 1 aliphatic heterocycles. The van der Waals surface area contributed by atoms with Crippen molar-refractivity contribution in [3.63, 3.8) is 0 Å². The zero-order chi connectivity index (χ0) is 17.6. The SMILES string of the molecule is O=C(CSC1=NC(=O)C(Cc2ccccc2)C(=O)N1)c1ccccc1. The Morgan fingerprint density at radius 1 is 1.00 bits per heavy atom. The van der Waals surface area contributed by atoms with Crippen LogP contribution in [0.5, 0.6) is 0 Å². The van der Waals surface area contributed by atoms with Gasteiger partial charge in [0.05, 0.1) is 5.75 Å². The Morgan fingerprint density at radius 2 is 1.64 bits per heavy atom. The zero-order valence-electron chi connectivity index (χ0n) is 13.3. The highest BCUT2D eigenvalue weighted by Gasteiger charge is 2.32. The van der Waals surface area contributed by atoms with Crippen LogP contribution in [0.15, 0.2) is 65.7 Å². The van der Waals surface area contributed by atoms with Crippen LogP contribution >= 0.6 is 11.8 Å². The van der Waals surface area contributed by atoms with E-state index in [0.29, 0.717) is 12.0 Å². The van der Waals surface area contributed by atoms with E-state index in [1.165, 1.54) is 0 Å². The molecule has 2 aromatic rings. The highest BCUT2D eigenvalue weighted by molar-refractivity contribution is 8.14. The van der Waals surface area contributed by atoms with Crippen LogP contribution in [0, 0.1) is 5.92 Å². The number of aliphatic imine (C=N–C) groups is 1. The van der Waals surface area contributed by atoms with Gasteiger partial charge >= 0.3 is 0 Å². The Hall–Kier alpha value is -2.73. The summed E-state index contributed by atoms with van der Waals surface area (Å²) >= 11 is 1.06. The van der Waals surface area contributed by atoms with Crippen molar-refractivity contribution in [2.45, 2.75) is 6.42 Å². The molecule has 25 heavy (non-hydrogen) atoms. The average molecular weight is 352 g/mol. The lowest BCUT2D eigenvalue weighted by molar-refractivity contribution is -0.133. The van der Waals surface area contributed by atoms with Crippen LogP contribution in [0.2, 0.25) is 0 Å². The summed E-state index contributed by atoms with van der Waals surface area (Å²) in [5.41, 5.74) is 1.49. The average Bonchev–Trinajstić information content (AvgIpc) is 2.64. The molecule has 1 unspecified atom stereocenters. The first-order chi connectivity index (χ1) is 12.1. The van der Waals surface area contributed by atoms with Crippen molar-refractivity contribution >= 4 is 34.5 Å². The molecule has 0 saturated carbocycles. The van der Waals surface area contributed by atoms with E-state index in [2.05, 4.69) is 10.3 Å². The number of hydrogen-bond donors (Lipinski definition) is 1. The second-order valence-corrected chi connectivity index (χ2v) is 6.53. The van der Waals surface area contributed by atoms with Crippen molar-refractivity contribution in [3.8, 4) is 0 Å². The van der Waals surface area contributed by atoms with Gasteiger partial charge in [0, 0.05) is 5.56 Å². The van der Waals surface area contributed by atoms with E-state index in [4.69, 9.17) is 0 Å². The largest absolute Gasteiger partial charge is 0.304 e. The number of thioether (sulfide) groups is 1. The number of rotatable bonds is 5. The summed E-state index contributed by atoms with van der Waals surface area (Å²) in [6, 6.07) is 18.2. The summed E-state index contributed by atoms with van der Waals surface area (Å²) in [6.45, 7) is 0. The lowest BCUT2D eigenvalue weighted by Crippen LogP contribution is -2.43. The fourth-order valence-corrected chi connectivity index (χ4v) is 3.21. The molecule has 1 N–H and O–H groups in total. The predicted molar refractivity (Wildman–Crippen MR) is 97.5 cm³/mol. The number of Topliss-reactive ketones (excluding diaryl/α,β-unsaturated/α-hetero) is 1. The van der Waals surface area contributed by atoms with E-state index in [9.17, 15) is 14.4 Å². The van der Waals surface area contributed by atoms with E-state index in [1.54, 1.807) is 24.3 Å². The van der Waals surface area contributed by atoms with Crippen molar-refractivity contribution in [3.05, 3.63) is 71.8 Å². The molecular formula is C19H16N2O3S. The molecule has 5 nitrogen and oxygen atoms in total. The summed E-state index contributed by atoms with van der Waals surface area (Å²) < 4.78 is 0. The van der Waals surface area contributed by atoms with Gasteiger partial charge in [-0.15, -0.1) is 0 Å². The van der Waals surface area contributed by atoms with Crippen LogP contribution in [-0.2, 0) is 16.0 Å². The molecule has 2 amide bonds. The zero-order valence-corrected chi connectivity index (χ0v) is 14.2. The van der Waals surface area contributed by atoms with Crippen LogP contribution < -0.4 is 5.32 Å². The first-order valence-electron chi connectivity index (χ1n) is 7.82. The van der Waals surface area contributed by atoms with Gasteiger partial charge in [-0.25, -0.2) is 0 Å². The molecule has 3 rings (SSSR count). The minimum absolute atomic E-state index is 0.0820. The lowest BCUT2D eigenvalue weighted by atomic mass is 9.97. The predicted octanol–water partition coefficient (Wildman–Crippen LogP) is 2.47. The van der Waals surface area contributed by atoms with Gasteiger partial charge in [-0.05, 0) is 12.0 Å². The van der Waals surface area contributed by atoms with E-state index >= 15 is 0 Å². The molecule has 0 fully saturated rings. The maximum atomic E-state index is 12.2. The van der Waals surface area contributed by atoms with Gasteiger partial charge < -0.3 is 5.32 Å². The normalized spacial score (nSPS) is 17.0. The van der Waals surface area contributed by atoms with Crippen molar-refractivity contribution in [1.29, 1.82) is 0 Å². The van der Waals surface area contributed by atoms with Crippen molar-refractivity contribution < 1.29 is 14.4 Å². The molecular weight excluding hydrogens is 336 g/mol. The summed E-state index contributed by atoms with van der Waals surface area (Å²) in [4.78, 5) is 40.4. The summed E-state index contributed by atoms with van der Waals surface area (Å²) in [6.07, 6.45) is 0.315. The Kier molecular flexibility index (Phi) is 5.40. The topological polar surface area (TPSA) is 75.6 Å². The Bertz CT molecular complexity index is 819.